The van der Waals surface area contributed by atoms with Crippen molar-refractivity contribution in [3.05, 3.63) is 52.0 Å². The molecule has 1 N–H and O–H groups in total. The van der Waals surface area contributed by atoms with Crippen molar-refractivity contribution in [3.8, 4) is 11.5 Å². The first-order valence-corrected chi connectivity index (χ1v) is 12.4. The van der Waals surface area contributed by atoms with Gasteiger partial charge in [-0.2, -0.15) is 5.10 Å². The highest BCUT2D eigenvalue weighted by Gasteiger charge is 2.21. The molecule has 1 amide bonds. The van der Waals surface area contributed by atoms with Crippen molar-refractivity contribution in [2.24, 2.45) is 5.10 Å². The average Bonchev–Trinajstić information content (AvgIpc) is 2.73. The third-order valence-electron chi connectivity index (χ3n) is 4.01. The fourth-order valence-electron chi connectivity index (χ4n) is 2.59. The van der Waals surface area contributed by atoms with Crippen molar-refractivity contribution < 1.29 is 22.7 Å². The number of carbonyl (C=O) groups excluding carboxylic acids is 1. The molecule has 0 bridgehead atoms. The lowest BCUT2D eigenvalue weighted by Crippen LogP contribution is -2.39. The topological polar surface area (TPSA) is 97.3 Å². The average molecular weight is 502 g/mol. The van der Waals surface area contributed by atoms with E-state index in [0.717, 1.165) is 17.0 Å². The second-order valence-corrected chi connectivity index (χ2v) is 9.37. The van der Waals surface area contributed by atoms with Crippen molar-refractivity contribution in [1.29, 1.82) is 0 Å². The molecule has 0 saturated heterocycles. The molecular weight excluding hydrogens is 477 g/mol. The number of anilines is 1. The van der Waals surface area contributed by atoms with E-state index in [4.69, 9.17) is 32.7 Å². The lowest BCUT2D eigenvalue weighted by molar-refractivity contribution is -0.119. The number of sulfonamides is 1. The molecule has 0 saturated carbocycles. The fraction of sp³-hybridized carbons (Fsp3) is 0.333. The Morgan fingerprint density at radius 1 is 1.09 bits per heavy atom. The van der Waals surface area contributed by atoms with Gasteiger partial charge >= 0.3 is 0 Å². The van der Waals surface area contributed by atoms with Crippen molar-refractivity contribution in [1.82, 2.24) is 5.43 Å². The Morgan fingerprint density at radius 2 is 1.84 bits per heavy atom. The predicted octanol–water partition coefficient (Wildman–Crippen LogP) is 4.10. The van der Waals surface area contributed by atoms with E-state index in [0.29, 0.717) is 30.3 Å². The first-order valence-electron chi connectivity index (χ1n) is 9.80. The number of rotatable bonds is 11. The Balaban J connectivity index is 2.09. The number of hydrazone groups is 1. The normalized spacial score (nSPS) is 11.4. The summed E-state index contributed by atoms with van der Waals surface area (Å²) in [6.07, 6.45) is 3.28. The molecule has 2 rings (SSSR count). The molecule has 0 spiro atoms. The largest absolute Gasteiger partial charge is 0.490 e. The van der Waals surface area contributed by atoms with Crippen molar-refractivity contribution in [3.63, 3.8) is 0 Å². The predicted molar refractivity (Wildman–Crippen MR) is 128 cm³/mol. The van der Waals surface area contributed by atoms with Crippen LogP contribution in [0, 0.1) is 0 Å². The molecule has 2 aromatic rings. The van der Waals surface area contributed by atoms with E-state index < -0.39 is 22.5 Å². The van der Waals surface area contributed by atoms with E-state index in [1.54, 1.807) is 18.2 Å². The monoisotopic (exact) mass is 501 g/mol. The zero-order valence-corrected chi connectivity index (χ0v) is 20.3. The van der Waals surface area contributed by atoms with Crippen LogP contribution >= 0.6 is 23.2 Å². The number of nitrogens with zero attached hydrogens (tertiary/aromatic N) is 2. The minimum absolute atomic E-state index is 0.174. The quantitative estimate of drug-likeness (QED) is 0.369. The van der Waals surface area contributed by atoms with E-state index >= 15 is 0 Å². The van der Waals surface area contributed by atoms with E-state index in [1.807, 2.05) is 13.8 Å². The molecule has 11 heteroatoms. The van der Waals surface area contributed by atoms with Crippen LogP contribution in [-0.4, -0.2) is 46.6 Å². The van der Waals surface area contributed by atoms with E-state index in [2.05, 4.69) is 10.5 Å². The highest BCUT2D eigenvalue weighted by atomic mass is 35.5. The second-order valence-electron chi connectivity index (χ2n) is 6.65. The van der Waals surface area contributed by atoms with Crippen LogP contribution < -0.4 is 19.2 Å². The third-order valence-corrected chi connectivity index (χ3v) is 5.89. The van der Waals surface area contributed by atoms with Gasteiger partial charge in [-0.25, -0.2) is 13.8 Å². The van der Waals surface area contributed by atoms with Crippen LogP contribution in [0.5, 0.6) is 11.5 Å². The maximum atomic E-state index is 12.3. The highest BCUT2D eigenvalue weighted by Crippen LogP contribution is 2.29. The molecule has 8 nitrogen and oxygen atoms in total. The molecule has 0 radical (unpaired) electrons. The minimum Gasteiger partial charge on any atom is -0.490 e. The van der Waals surface area contributed by atoms with Gasteiger partial charge in [0.15, 0.2) is 11.5 Å². The Hall–Kier alpha value is -2.49. The van der Waals surface area contributed by atoms with Crippen molar-refractivity contribution in [2.45, 2.75) is 20.3 Å². The number of ether oxygens (including phenoxy) is 2. The number of carbonyl (C=O) groups is 1. The molecule has 0 aliphatic carbocycles. The fourth-order valence-corrected chi connectivity index (χ4v) is 3.73. The highest BCUT2D eigenvalue weighted by molar-refractivity contribution is 7.92. The Kier molecular flexibility index (Phi) is 9.61. The minimum atomic E-state index is -3.76. The molecule has 0 atom stereocenters. The molecule has 0 aliphatic heterocycles. The summed E-state index contributed by atoms with van der Waals surface area (Å²) in [5.74, 6) is 0.560. The van der Waals surface area contributed by atoms with E-state index in [1.165, 1.54) is 24.4 Å². The summed E-state index contributed by atoms with van der Waals surface area (Å²) in [5, 5.41) is 4.35. The van der Waals surface area contributed by atoms with Crippen molar-refractivity contribution in [2.75, 3.05) is 30.3 Å². The summed E-state index contributed by atoms with van der Waals surface area (Å²) in [6.45, 7) is 4.43. The number of hydrogen-bond donors (Lipinski definition) is 1. The van der Waals surface area contributed by atoms with Crippen LogP contribution in [0.4, 0.5) is 5.69 Å². The Bertz CT molecular complexity index is 1080. The van der Waals surface area contributed by atoms with Gasteiger partial charge in [-0.1, -0.05) is 30.1 Å². The molecule has 0 fully saturated rings. The number of benzene rings is 2. The summed E-state index contributed by atoms with van der Waals surface area (Å²) < 4.78 is 36.5. The van der Waals surface area contributed by atoms with Gasteiger partial charge in [0.2, 0.25) is 10.0 Å². The summed E-state index contributed by atoms with van der Waals surface area (Å²) in [4.78, 5) is 12.3. The molecular formula is C21H25Cl2N3O5S. The zero-order valence-electron chi connectivity index (χ0n) is 18.0. The molecule has 32 heavy (non-hydrogen) atoms. The van der Waals surface area contributed by atoms with Crippen LogP contribution in [-0.2, 0) is 14.8 Å². The Labute approximate surface area is 198 Å². The van der Waals surface area contributed by atoms with Gasteiger partial charge in [0.05, 0.1) is 41.4 Å². The van der Waals surface area contributed by atoms with Gasteiger partial charge in [0.1, 0.15) is 6.54 Å². The summed E-state index contributed by atoms with van der Waals surface area (Å²) in [5.41, 5.74) is 3.20. The smallest absolute Gasteiger partial charge is 0.260 e. The first kappa shape index (κ1) is 25.8. The van der Waals surface area contributed by atoms with Crippen molar-refractivity contribution >= 4 is 51.0 Å². The first-order chi connectivity index (χ1) is 15.2. The number of amides is 1. The number of halogens is 2. The van der Waals surface area contributed by atoms with Gasteiger partial charge in [0.25, 0.3) is 5.91 Å². The maximum Gasteiger partial charge on any atom is 0.260 e. The van der Waals surface area contributed by atoms with Gasteiger partial charge in [-0.05, 0) is 55.3 Å². The zero-order chi connectivity index (χ0) is 23.7. The van der Waals surface area contributed by atoms with E-state index in [-0.39, 0.29) is 15.7 Å². The third kappa shape index (κ3) is 7.58. The SMILES string of the molecule is CCCOc1ccc(/C=N/NC(=O)CN(c2ccc(Cl)c(Cl)c2)S(C)(=O)=O)cc1OCC. The molecule has 0 aliphatic rings. The van der Waals surface area contributed by atoms with Gasteiger partial charge in [0, 0.05) is 0 Å². The molecule has 0 unspecified atom stereocenters. The van der Waals surface area contributed by atoms with Gasteiger partial charge in [-0.3, -0.25) is 9.10 Å². The summed E-state index contributed by atoms with van der Waals surface area (Å²) in [6, 6.07) is 9.56. The lowest BCUT2D eigenvalue weighted by Gasteiger charge is -2.21. The van der Waals surface area contributed by atoms with Gasteiger partial charge < -0.3 is 9.47 Å². The van der Waals surface area contributed by atoms with Crippen LogP contribution in [0.2, 0.25) is 10.0 Å². The van der Waals surface area contributed by atoms with Crippen LogP contribution in [0.15, 0.2) is 41.5 Å². The maximum absolute atomic E-state index is 12.3. The lowest BCUT2D eigenvalue weighted by atomic mass is 10.2. The van der Waals surface area contributed by atoms with Gasteiger partial charge in [-0.15, -0.1) is 0 Å². The standard InChI is InChI=1S/C21H25Cl2N3O5S/c1-4-10-31-19-9-6-15(11-20(19)30-5-2)13-24-25-21(27)14-26(32(3,28)29)16-7-8-17(22)18(23)12-16/h6-9,11-13H,4-5,10,14H2,1-3H3,(H,25,27)/b24-13+. The second kappa shape index (κ2) is 11.9. The molecule has 0 aromatic heterocycles. The van der Waals surface area contributed by atoms with Crippen LogP contribution in [0.3, 0.4) is 0 Å². The van der Waals surface area contributed by atoms with E-state index in [9.17, 15) is 13.2 Å². The van der Waals surface area contributed by atoms with Crippen LogP contribution in [0.25, 0.3) is 0 Å². The number of hydrogen-bond acceptors (Lipinski definition) is 6. The molecule has 174 valence electrons. The molecule has 2 aromatic carbocycles. The molecule has 0 heterocycles. The Morgan fingerprint density at radius 3 is 2.47 bits per heavy atom. The number of nitrogens with one attached hydrogen (secondary N) is 1. The summed E-state index contributed by atoms with van der Waals surface area (Å²) in [7, 11) is -3.76. The summed E-state index contributed by atoms with van der Waals surface area (Å²) >= 11 is 11.9. The van der Waals surface area contributed by atoms with Crippen LogP contribution in [0.1, 0.15) is 25.8 Å².